The van der Waals surface area contributed by atoms with Crippen LogP contribution in [-0.4, -0.2) is 0 Å². The number of nitrogens with zero attached hydrogens (tertiary/aromatic N) is 1. The number of benzene rings is 7. The third kappa shape index (κ3) is 4.58. The van der Waals surface area contributed by atoms with Gasteiger partial charge in [-0.1, -0.05) is 127 Å². The molecule has 0 N–H and O–H groups in total. The zero-order valence-corrected chi connectivity index (χ0v) is 24.9. The molecule has 0 amide bonds. The van der Waals surface area contributed by atoms with Crippen molar-refractivity contribution in [2.45, 2.75) is 19.8 Å². The first kappa shape index (κ1) is 26.2. The van der Waals surface area contributed by atoms with Gasteiger partial charge in [-0.25, -0.2) is 0 Å². The smallest absolute Gasteiger partial charge is 0.0546 e. The van der Waals surface area contributed by atoms with Gasteiger partial charge in [0.2, 0.25) is 0 Å². The maximum Gasteiger partial charge on any atom is 0.0546 e. The highest BCUT2D eigenvalue weighted by molar-refractivity contribution is 6.24. The van der Waals surface area contributed by atoms with E-state index in [9.17, 15) is 0 Å². The van der Waals surface area contributed by atoms with Gasteiger partial charge in [0.15, 0.2) is 0 Å². The molecule has 0 atom stereocenters. The number of allylic oxidation sites excluding steroid dienone is 4. The SMILES string of the molecule is Cc1cc2cc(N(c3ccc(C4=CCCC=C4)cc3)c3ccc(-c4ccccc4)cc3)c3ccccc3c2c2ccccc12. The average Bonchev–Trinajstić information content (AvgIpc) is 3.10. The summed E-state index contributed by atoms with van der Waals surface area (Å²) in [5.74, 6) is 0. The van der Waals surface area contributed by atoms with E-state index in [0.717, 1.165) is 24.2 Å². The van der Waals surface area contributed by atoms with E-state index in [1.165, 1.54) is 65.8 Å². The molecule has 7 aromatic carbocycles. The van der Waals surface area contributed by atoms with Crippen LogP contribution >= 0.6 is 0 Å². The van der Waals surface area contributed by atoms with Gasteiger partial charge in [0.1, 0.15) is 0 Å². The average molecular weight is 564 g/mol. The van der Waals surface area contributed by atoms with E-state index in [-0.39, 0.29) is 0 Å². The first-order chi connectivity index (χ1) is 21.7. The monoisotopic (exact) mass is 563 g/mol. The second kappa shape index (κ2) is 11.0. The first-order valence-corrected chi connectivity index (χ1v) is 15.5. The molecule has 0 radical (unpaired) electrons. The largest absolute Gasteiger partial charge is 0.310 e. The summed E-state index contributed by atoms with van der Waals surface area (Å²) in [5, 5.41) is 7.71. The molecule has 1 aliphatic carbocycles. The van der Waals surface area contributed by atoms with Crippen LogP contribution in [0.1, 0.15) is 24.0 Å². The standard InChI is InChI=1S/C43H33N/c1-30-28-35-29-42(39-17-9-11-19-41(39)43(35)40-18-10-8-16-38(30)40)44(36-24-20-33(21-25-36)31-12-4-2-5-13-31)37-26-22-34(23-27-37)32-14-6-3-7-15-32/h2,4-6,8-29H,3,7H2,1H3. The molecule has 8 rings (SSSR count). The molecule has 0 aliphatic heterocycles. The lowest BCUT2D eigenvalue weighted by Crippen LogP contribution is -2.11. The zero-order valence-electron chi connectivity index (χ0n) is 24.9. The zero-order chi connectivity index (χ0) is 29.5. The van der Waals surface area contributed by atoms with Crippen LogP contribution in [0.3, 0.4) is 0 Å². The molecular weight excluding hydrogens is 530 g/mol. The van der Waals surface area contributed by atoms with E-state index in [4.69, 9.17) is 0 Å². The number of anilines is 3. The Kier molecular flexibility index (Phi) is 6.57. The minimum absolute atomic E-state index is 1.10. The number of hydrogen-bond donors (Lipinski definition) is 0. The third-order valence-electron chi connectivity index (χ3n) is 8.97. The summed E-state index contributed by atoms with van der Waals surface area (Å²) < 4.78 is 0. The van der Waals surface area contributed by atoms with Crippen molar-refractivity contribution in [1.82, 2.24) is 0 Å². The molecular formula is C43H33N. The predicted molar refractivity (Wildman–Crippen MR) is 190 cm³/mol. The molecule has 0 heterocycles. The second-order valence-electron chi connectivity index (χ2n) is 11.7. The van der Waals surface area contributed by atoms with Crippen LogP contribution in [0.5, 0.6) is 0 Å². The van der Waals surface area contributed by atoms with E-state index < -0.39 is 0 Å². The van der Waals surface area contributed by atoms with Crippen LogP contribution in [0.2, 0.25) is 0 Å². The predicted octanol–water partition coefficient (Wildman–Crippen LogP) is 12.3. The molecule has 0 saturated heterocycles. The van der Waals surface area contributed by atoms with Gasteiger partial charge in [0, 0.05) is 16.8 Å². The quantitative estimate of drug-likeness (QED) is 0.188. The Labute approximate surface area is 259 Å². The summed E-state index contributed by atoms with van der Waals surface area (Å²) in [4.78, 5) is 2.43. The Morgan fingerprint density at radius 1 is 0.500 bits per heavy atom. The van der Waals surface area contributed by atoms with Crippen LogP contribution in [0.25, 0.3) is 49.0 Å². The Bertz CT molecular complexity index is 2200. The van der Waals surface area contributed by atoms with Crippen LogP contribution in [0.4, 0.5) is 17.1 Å². The molecule has 1 heteroatoms. The van der Waals surface area contributed by atoms with Gasteiger partial charge in [0.05, 0.1) is 5.69 Å². The molecule has 0 bridgehead atoms. The first-order valence-electron chi connectivity index (χ1n) is 15.5. The van der Waals surface area contributed by atoms with Crippen molar-refractivity contribution >= 4 is 55.0 Å². The minimum Gasteiger partial charge on any atom is -0.310 e. The maximum atomic E-state index is 2.43. The normalized spacial score (nSPS) is 13.0. The molecule has 210 valence electrons. The Morgan fingerprint density at radius 3 is 1.73 bits per heavy atom. The highest BCUT2D eigenvalue weighted by Crippen LogP contribution is 2.44. The van der Waals surface area contributed by atoms with Gasteiger partial charge in [0.25, 0.3) is 0 Å². The molecule has 44 heavy (non-hydrogen) atoms. The van der Waals surface area contributed by atoms with E-state index in [2.05, 4.69) is 170 Å². The fourth-order valence-corrected chi connectivity index (χ4v) is 6.82. The topological polar surface area (TPSA) is 3.24 Å². The van der Waals surface area contributed by atoms with E-state index in [1.54, 1.807) is 0 Å². The summed E-state index contributed by atoms with van der Waals surface area (Å²) in [5.41, 5.74) is 9.76. The minimum atomic E-state index is 1.10. The Balaban J connectivity index is 1.36. The van der Waals surface area contributed by atoms with Crippen molar-refractivity contribution in [3.05, 3.63) is 169 Å². The van der Waals surface area contributed by atoms with Crippen molar-refractivity contribution in [3.8, 4) is 11.1 Å². The molecule has 0 saturated carbocycles. The van der Waals surface area contributed by atoms with E-state index in [1.807, 2.05) is 0 Å². The number of aryl methyl sites for hydroxylation is 1. The van der Waals surface area contributed by atoms with Gasteiger partial charge in [-0.15, -0.1) is 0 Å². The lowest BCUT2D eigenvalue weighted by Gasteiger charge is -2.28. The highest BCUT2D eigenvalue weighted by atomic mass is 15.1. The number of rotatable bonds is 5. The Hall–Kier alpha value is -5.40. The molecule has 0 spiro atoms. The summed E-state index contributed by atoms with van der Waals surface area (Å²) in [6.45, 7) is 2.23. The van der Waals surface area contributed by atoms with Crippen LogP contribution in [0.15, 0.2) is 158 Å². The third-order valence-corrected chi connectivity index (χ3v) is 8.97. The van der Waals surface area contributed by atoms with Crippen molar-refractivity contribution in [3.63, 3.8) is 0 Å². The lowest BCUT2D eigenvalue weighted by molar-refractivity contribution is 1.04. The summed E-state index contributed by atoms with van der Waals surface area (Å²) in [6, 6.07) is 51.1. The van der Waals surface area contributed by atoms with Crippen molar-refractivity contribution in [2.24, 2.45) is 0 Å². The Morgan fingerprint density at radius 2 is 1.07 bits per heavy atom. The summed E-state index contributed by atoms with van der Waals surface area (Å²) in [7, 11) is 0. The van der Waals surface area contributed by atoms with Gasteiger partial charge < -0.3 is 4.90 Å². The molecule has 0 unspecified atom stereocenters. The molecule has 0 aromatic heterocycles. The molecule has 0 fully saturated rings. The summed E-state index contributed by atoms with van der Waals surface area (Å²) in [6.07, 6.45) is 9.10. The van der Waals surface area contributed by atoms with Gasteiger partial charge in [-0.2, -0.15) is 0 Å². The van der Waals surface area contributed by atoms with Crippen LogP contribution in [0, 0.1) is 6.92 Å². The van der Waals surface area contributed by atoms with Crippen molar-refractivity contribution in [1.29, 1.82) is 0 Å². The number of fused-ring (bicyclic) bond motifs is 5. The lowest BCUT2D eigenvalue weighted by atomic mass is 9.92. The number of hydrogen-bond acceptors (Lipinski definition) is 1. The van der Waals surface area contributed by atoms with E-state index >= 15 is 0 Å². The summed E-state index contributed by atoms with van der Waals surface area (Å²) >= 11 is 0. The highest BCUT2D eigenvalue weighted by Gasteiger charge is 2.19. The van der Waals surface area contributed by atoms with E-state index in [0.29, 0.717) is 0 Å². The van der Waals surface area contributed by atoms with Crippen LogP contribution in [-0.2, 0) is 0 Å². The fraction of sp³-hybridized carbons (Fsp3) is 0.0698. The van der Waals surface area contributed by atoms with Gasteiger partial charge in [-0.3, -0.25) is 0 Å². The van der Waals surface area contributed by atoms with Gasteiger partial charge >= 0.3 is 0 Å². The molecule has 1 nitrogen and oxygen atoms in total. The fourth-order valence-electron chi connectivity index (χ4n) is 6.82. The van der Waals surface area contributed by atoms with Crippen LogP contribution < -0.4 is 4.90 Å². The van der Waals surface area contributed by atoms with Gasteiger partial charge in [-0.05, 0) is 105 Å². The second-order valence-corrected chi connectivity index (χ2v) is 11.7. The van der Waals surface area contributed by atoms with Crippen molar-refractivity contribution < 1.29 is 0 Å². The molecule has 1 aliphatic rings. The van der Waals surface area contributed by atoms with Crippen molar-refractivity contribution in [2.75, 3.05) is 4.90 Å². The maximum absolute atomic E-state index is 2.43. The molecule has 7 aromatic rings.